The molecule has 0 bridgehead atoms. The highest BCUT2D eigenvalue weighted by molar-refractivity contribution is 7.80. The van der Waals surface area contributed by atoms with E-state index in [0.29, 0.717) is 17.5 Å². The van der Waals surface area contributed by atoms with Crippen LogP contribution in [0.5, 0.6) is 0 Å². The zero-order valence-corrected chi connectivity index (χ0v) is 12.2. The smallest absolute Gasteiger partial charge is 0.233 e. The Morgan fingerprint density at radius 1 is 1.72 bits per heavy atom. The number of amides is 1. The van der Waals surface area contributed by atoms with E-state index in [1.807, 2.05) is 12.3 Å². The number of nitrogens with zero attached hydrogens (tertiary/aromatic N) is 1. The molecule has 4 nitrogen and oxygen atoms in total. The van der Waals surface area contributed by atoms with Gasteiger partial charge in [-0.3, -0.25) is 4.79 Å². The second-order valence-electron chi connectivity index (χ2n) is 5.03. The molecule has 1 fully saturated rings. The fraction of sp³-hybridized carbons (Fsp3) is 0.583. The molecule has 0 aromatic carbocycles. The highest BCUT2D eigenvalue weighted by Gasteiger charge is 2.50. The molecule has 0 atom stereocenters. The van der Waals surface area contributed by atoms with Crippen molar-refractivity contribution >= 4 is 34.5 Å². The third kappa shape index (κ3) is 2.40. The molecule has 1 aliphatic carbocycles. The van der Waals surface area contributed by atoms with Gasteiger partial charge in [0.15, 0.2) is 0 Å². The minimum atomic E-state index is -0.624. The average molecular weight is 283 g/mol. The second kappa shape index (κ2) is 4.93. The third-order valence-corrected chi connectivity index (χ3v) is 4.72. The lowest BCUT2D eigenvalue weighted by Gasteiger charge is -2.44. The Bertz CT molecular complexity index is 477. The fourth-order valence-corrected chi connectivity index (χ4v) is 3.41. The molecule has 98 valence electrons. The van der Waals surface area contributed by atoms with Gasteiger partial charge in [-0.25, -0.2) is 4.98 Å². The van der Waals surface area contributed by atoms with Gasteiger partial charge in [-0.1, -0.05) is 19.1 Å². The molecule has 1 amide bonds. The molecule has 6 heteroatoms. The van der Waals surface area contributed by atoms with E-state index in [-0.39, 0.29) is 5.91 Å². The molecule has 0 saturated heterocycles. The predicted molar refractivity (Wildman–Crippen MR) is 76.3 cm³/mol. The van der Waals surface area contributed by atoms with Gasteiger partial charge in [0.05, 0.1) is 16.9 Å². The molecular formula is C12H17N3OS2. The number of hydrogen-bond donors (Lipinski definition) is 2. The normalized spacial score (nSPS) is 26.4. The van der Waals surface area contributed by atoms with Crippen molar-refractivity contribution in [1.82, 2.24) is 10.3 Å². The van der Waals surface area contributed by atoms with Crippen LogP contribution < -0.4 is 11.1 Å². The fourth-order valence-electron chi connectivity index (χ4n) is 2.44. The SMILES string of the molecule is Cc1csc(CNC(=O)C2(C(N)=S)CC(C)C2)n1. The summed E-state index contributed by atoms with van der Waals surface area (Å²) in [7, 11) is 0. The number of thiocarbonyl (C=S) groups is 1. The summed E-state index contributed by atoms with van der Waals surface area (Å²) in [6.07, 6.45) is 1.51. The molecule has 0 spiro atoms. The van der Waals surface area contributed by atoms with Gasteiger partial charge in [-0.05, 0) is 25.7 Å². The lowest BCUT2D eigenvalue weighted by atomic mass is 9.62. The quantitative estimate of drug-likeness (QED) is 0.826. The van der Waals surface area contributed by atoms with Gasteiger partial charge in [0.25, 0.3) is 0 Å². The van der Waals surface area contributed by atoms with Crippen molar-refractivity contribution in [3.05, 3.63) is 16.1 Å². The number of nitrogens with two attached hydrogens (primary N) is 1. The van der Waals surface area contributed by atoms with Gasteiger partial charge in [0.1, 0.15) is 5.01 Å². The Morgan fingerprint density at radius 3 is 2.83 bits per heavy atom. The van der Waals surface area contributed by atoms with Crippen molar-refractivity contribution < 1.29 is 4.79 Å². The van der Waals surface area contributed by atoms with E-state index in [2.05, 4.69) is 17.2 Å². The minimum Gasteiger partial charge on any atom is -0.392 e. The predicted octanol–water partition coefficient (Wildman–Crippen LogP) is 1.77. The molecule has 0 unspecified atom stereocenters. The lowest BCUT2D eigenvalue weighted by molar-refractivity contribution is -0.133. The van der Waals surface area contributed by atoms with Crippen LogP contribution in [-0.4, -0.2) is 15.9 Å². The highest BCUT2D eigenvalue weighted by atomic mass is 32.1. The Kier molecular flexibility index (Phi) is 3.68. The molecule has 0 aliphatic heterocycles. The van der Waals surface area contributed by atoms with Crippen molar-refractivity contribution in [1.29, 1.82) is 0 Å². The van der Waals surface area contributed by atoms with E-state index in [0.717, 1.165) is 23.5 Å². The van der Waals surface area contributed by atoms with Crippen LogP contribution in [0.15, 0.2) is 5.38 Å². The average Bonchev–Trinajstić information content (AvgIpc) is 2.67. The number of nitrogens with one attached hydrogen (secondary N) is 1. The molecule has 1 aromatic rings. The maximum absolute atomic E-state index is 12.2. The molecule has 1 saturated carbocycles. The van der Waals surface area contributed by atoms with E-state index in [4.69, 9.17) is 18.0 Å². The van der Waals surface area contributed by atoms with Gasteiger partial charge in [0, 0.05) is 11.1 Å². The number of carbonyl (C=O) groups excluding carboxylic acids is 1. The first-order chi connectivity index (χ1) is 8.44. The number of thiazole rings is 1. The summed E-state index contributed by atoms with van der Waals surface area (Å²) in [5.74, 6) is 0.459. The number of aromatic nitrogens is 1. The van der Waals surface area contributed by atoms with E-state index >= 15 is 0 Å². The lowest BCUT2D eigenvalue weighted by Crippen LogP contribution is -2.55. The van der Waals surface area contributed by atoms with Gasteiger partial charge < -0.3 is 11.1 Å². The third-order valence-electron chi connectivity index (χ3n) is 3.37. The molecule has 3 N–H and O–H groups in total. The van der Waals surface area contributed by atoms with Crippen LogP contribution in [-0.2, 0) is 11.3 Å². The summed E-state index contributed by atoms with van der Waals surface area (Å²) in [4.78, 5) is 16.8. The van der Waals surface area contributed by atoms with Crippen molar-refractivity contribution in [2.45, 2.75) is 33.2 Å². The van der Waals surface area contributed by atoms with E-state index < -0.39 is 5.41 Å². The van der Waals surface area contributed by atoms with Crippen molar-refractivity contribution in [3.63, 3.8) is 0 Å². The molecular weight excluding hydrogens is 266 g/mol. The Morgan fingerprint density at radius 2 is 2.39 bits per heavy atom. The van der Waals surface area contributed by atoms with Gasteiger partial charge in [-0.15, -0.1) is 11.3 Å². The summed E-state index contributed by atoms with van der Waals surface area (Å²) in [6.45, 7) is 4.50. The largest absolute Gasteiger partial charge is 0.392 e. The molecule has 1 heterocycles. The summed E-state index contributed by atoms with van der Waals surface area (Å²) in [5, 5.41) is 5.78. The summed E-state index contributed by atoms with van der Waals surface area (Å²) < 4.78 is 0. The van der Waals surface area contributed by atoms with E-state index in [1.54, 1.807) is 11.3 Å². The first kappa shape index (κ1) is 13.4. The Balaban J connectivity index is 1.97. The van der Waals surface area contributed by atoms with Crippen LogP contribution in [0, 0.1) is 18.3 Å². The van der Waals surface area contributed by atoms with Crippen LogP contribution in [0.4, 0.5) is 0 Å². The van der Waals surface area contributed by atoms with Crippen LogP contribution in [0.2, 0.25) is 0 Å². The van der Waals surface area contributed by atoms with E-state index in [9.17, 15) is 4.79 Å². The molecule has 1 aliphatic rings. The molecule has 1 aromatic heterocycles. The molecule has 2 rings (SSSR count). The highest BCUT2D eigenvalue weighted by Crippen LogP contribution is 2.45. The van der Waals surface area contributed by atoms with Crippen molar-refractivity contribution in [2.24, 2.45) is 17.1 Å². The van der Waals surface area contributed by atoms with Crippen LogP contribution >= 0.6 is 23.6 Å². The molecule has 0 radical (unpaired) electrons. The maximum atomic E-state index is 12.2. The van der Waals surface area contributed by atoms with Gasteiger partial charge in [-0.2, -0.15) is 0 Å². The standard InChI is InChI=1S/C12H17N3OS2/c1-7-3-12(4-7,10(13)17)11(16)14-5-9-15-8(2)6-18-9/h6-7H,3-5H2,1-2H3,(H2,13,17)(H,14,16). The topological polar surface area (TPSA) is 68.0 Å². The van der Waals surface area contributed by atoms with Crippen molar-refractivity contribution in [3.8, 4) is 0 Å². The summed E-state index contributed by atoms with van der Waals surface area (Å²) in [6, 6.07) is 0. The van der Waals surface area contributed by atoms with Crippen molar-refractivity contribution in [2.75, 3.05) is 0 Å². The van der Waals surface area contributed by atoms with Crippen LogP contribution in [0.25, 0.3) is 0 Å². The second-order valence-corrected chi connectivity index (χ2v) is 6.41. The number of aryl methyl sites for hydroxylation is 1. The summed E-state index contributed by atoms with van der Waals surface area (Å²) in [5.41, 5.74) is 6.08. The monoisotopic (exact) mass is 283 g/mol. The van der Waals surface area contributed by atoms with Gasteiger partial charge >= 0.3 is 0 Å². The molecule has 18 heavy (non-hydrogen) atoms. The number of rotatable bonds is 4. The maximum Gasteiger partial charge on any atom is 0.233 e. The number of carbonyl (C=O) groups is 1. The van der Waals surface area contributed by atoms with Crippen LogP contribution in [0.1, 0.15) is 30.5 Å². The Labute approximate surface area is 116 Å². The first-order valence-corrected chi connectivity index (χ1v) is 7.22. The zero-order valence-electron chi connectivity index (χ0n) is 10.5. The zero-order chi connectivity index (χ0) is 13.3. The van der Waals surface area contributed by atoms with Crippen LogP contribution in [0.3, 0.4) is 0 Å². The minimum absolute atomic E-state index is 0.0547. The number of hydrogen-bond acceptors (Lipinski definition) is 4. The van der Waals surface area contributed by atoms with Gasteiger partial charge in [0.2, 0.25) is 5.91 Å². The summed E-state index contributed by atoms with van der Waals surface area (Å²) >= 11 is 6.60. The first-order valence-electron chi connectivity index (χ1n) is 5.93. The Hall–Kier alpha value is -1.01. The van der Waals surface area contributed by atoms with E-state index in [1.165, 1.54) is 0 Å².